The van der Waals surface area contributed by atoms with Gasteiger partial charge in [0.05, 0.1) is 6.04 Å². The number of allylic oxidation sites excluding steroid dienone is 3. The minimum atomic E-state index is -0.375. The maximum atomic E-state index is 10.9. The summed E-state index contributed by atoms with van der Waals surface area (Å²) in [7, 11) is 0. The molecule has 60 valence electrons. The van der Waals surface area contributed by atoms with Crippen LogP contribution in [0.1, 0.15) is 19.8 Å². The summed E-state index contributed by atoms with van der Waals surface area (Å²) < 4.78 is 0. The average Bonchev–Trinajstić information content (AvgIpc) is 2.05. The normalized spacial score (nSPS) is 19.3. The zero-order valence-corrected chi connectivity index (χ0v) is 6.71. The smallest absolute Gasteiger partial charge is 0.150 e. The highest BCUT2D eigenvalue weighted by Gasteiger charge is 2.13. The molecule has 0 heterocycles. The Bertz CT molecular complexity index is 216. The van der Waals surface area contributed by atoms with E-state index in [1.165, 1.54) is 6.92 Å². The summed E-state index contributed by atoms with van der Waals surface area (Å²) in [5.74, 6) is 0.0477. The van der Waals surface area contributed by atoms with Gasteiger partial charge in [0.1, 0.15) is 0 Å². The second-order valence-electron chi connectivity index (χ2n) is 2.78. The monoisotopic (exact) mass is 151 g/mol. The van der Waals surface area contributed by atoms with Crippen LogP contribution in [0, 0.1) is 0 Å². The third-order valence-corrected chi connectivity index (χ3v) is 1.87. The molecule has 0 aromatic heterocycles. The Morgan fingerprint density at radius 2 is 2.36 bits per heavy atom. The Morgan fingerprint density at radius 1 is 1.64 bits per heavy atom. The van der Waals surface area contributed by atoms with Gasteiger partial charge >= 0.3 is 0 Å². The number of carbonyl (C=O) groups is 1. The molecule has 0 aliphatic heterocycles. The van der Waals surface area contributed by atoms with Crippen molar-refractivity contribution in [2.45, 2.75) is 25.8 Å². The first-order valence-corrected chi connectivity index (χ1v) is 3.82. The van der Waals surface area contributed by atoms with E-state index in [0.29, 0.717) is 0 Å². The lowest BCUT2D eigenvalue weighted by atomic mass is 9.97. The van der Waals surface area contributed by atoms with Gasteiger partial charge in [-0.25, -0.2) is 0 Å². The molecular formula is C9H13NO. The van der Waals surface area contributed by atoms with Crippen LogP contribution in [0.25, 0.3) is 0 Å². The summed E-state index contributed by atoms with van der Waals surface area (Å²) in [6, 6.07) is -0.375. The van der Waals surface area contributed by atoms with Gasteiger partial charge in [0.15, 0.2) is 5.78 Å². The lowest BCUT2D eigenvalue weighted by Gasteiger charge is -2.13. The largest absolute Gasteiger partial charge is 0.318 e. The van der Waals surface area contributed by atoms with Gasteiger partial charge in [-0.2, -0.15) is 0 Å². The molecule has 0 fully saturated rings. The minimum absolute atomic E-state index is 0.0477. The summed E-state index contributed by atoms with van der Waals surface area (Å²) in [4.78, 5) is 10.9. The van der Waals surface area contributed by atoms with Crippen LogP contribution < -0.4 is 5.73 Å². The molecule has 1 aliphatic rings. The fourth-order valence-electron chi connectivity index (χ4n) is 1.13. The third-order valence-electron chi connectivity index (χ3n) is 1.87. The molecule has 0 aromatic carbocycles. The van der Waals surface area contributed by atoms with Gasteiger partial charge in [0.25, 0.3) is 0 Å². The van der Waals surface area contributed by atoms with Crippen molar-refractivity contribution in [3.63, 3.8) is 0 Å². The Kier molecular flexibility index (Phi) is 2.60. The Hall–Kier alpha value is -0.890. The van der Waals surface area contributed by atoms with Crippen molar-refractivity contribution in [1.82, 2.24) is 0 Å². The fourth-order valence-corrected chi connectivity index (χ4v) is 1.13. The van der Waals surface area contributed by atoms with Crippen LogP contribution in [0.3, 0.4) is 0 Å². The van der Waals surface area contributed by atoms with E-state index in [1.54, 1.807) is 0 Å². The number of ketones is 1. The van der Waals surface area contributed by atoms with E-state index in [9.17, 15) is 4.79 Å². The highest BCUT2D eigenvalue weighted by Crippen LogP contribution is 2.13. The Labute approximate surface area is 66.8 Å². The molecule has 0 saturated carbocycles. The highest BCUT2D eigenvalue weighted by molar-refractivity contribution is 5.84. The molecule has 2 nitrogen and oxygen atoms in total. The van der Waals surface area contributed by atoms with E-state index >= 15 is 0 Å². The molecule has 0 spiro atoms. The van der Waals surface area contributed by atoms with Crippen LogP contribution in [0.15, 0.2) is 23.8 Å². The molecule has 2 heteroatoms. The molecule has 2 N–H and O–H groups in total. The summed E-state index contributed by atoms with van der Waals surface area (Å²) in [6.45, 7) is 1.53. The van der Waals surface area contributed by atoms with Crippen LogP contribution in [0.4, 0.5) is 0 Å². The maximum absolute atomic E-state index is 10.9. The van der Waals surface area contributed by atoms with Gasteiger partial charge in [0, 0.05) is 0 Å². The number of hydrogen-bond acceptors (Lipinski definition) is 2. The van der Waals surface area contributed by atoms with E-state index in [-0.39, 0.29) is 11.8 Å². The molecule has 1 unspecified atom stereocenters. The number of carbonyl (C=O) groups excluding carboxylic acids is 1. The van der Waals surface area contributed by atoms with Crippen LogP contribution >= 0.6 is 0 Å². The first-order valence-electron chi connectivity index (χ1n) is 3.82. The second-order valence-corrected chi connectivity index (χ2v) is 2.78. The first-order chi connectivity index (χ1) is 5.22. The molecule has 0 amide bonds. The van der Waals surface area contributed by atoms with Crippen LogP contribution in [0.5, 0.6) is 0 Å². The van der Waals surface area contributed by atoms with Crippen molar-refractivity contribution in [3.8, 4) is 0 Å². The summed E-state index contributed by atoms with van der Waals surface area (Å²) in [6.07, 6.45) is 7.91. The van der Waals surface area contributed by atoms with Crippen molar-refractivity contribution < 1.29 is 4.79 Å². The maximum Gasteiger partial charge on any atom is 0.150 e. The zero-order chi connectivity index (χ0) is 8.27. The summed E-state index contributed by atoms with van der Waals surface area (Å²) in [5, 5.41) is 0. The Balaban J connectivity index is 2.60. The SMILES string of the molecule is CC(=O)C(N)C1=CCC=CC1. The molecule has 1 rings (SSSR count). The van der Waals surface area contributed by atoms with Crippen LogP contribution in [-0.2, 0) is 4.79 Å². The Morgan fingerprint density at radius 3 is 2.82 bits per heavy atom. The summed E-state index contributed by atoms with van der Waals surface area (Å²) in [5.41, 5.74) is 6.70. The molecule has 0 aromatic rings. The molecule has 1 aliphatic carbocycles. The number of hydrogen-bond donors (Lipinski definition) is 1. The van der Waals surface area contributed by atoms with E-state index in [0.717, 1.165) is 18.4 Å². The third kappa shape index (κ3) is 2.02. The number of Topliss-reactive ketones (excluding diaryl/α,β-unsaturated/α-hetero) is 1. The molecular weight excluding hydrogens is 138 g/mol. The average molecular weight is 151 g/mol. The van der Waals surface area contributed by atoms with Crippen LogP contribution in [-0.4, -0.2) is 11.8 Å². The predicted molar refractivity (Wildman–Crippen MR) is 45.1 cm³/mol. The van der Waals surface area contributed by atoms with Crippen molar-refractivity contribution in [2.75, 3.05) is 0 Å². The molecule has 1 atom stereocenters. The predicted octanol–water partition coefficient (Wildman–Crippen LogP) is 1.18. The number of rotatable bonds is 2. The molecule has 0 bridgehead atoms. The standard InChI is InChI=1S/C9H13NO/c1-7(11)9(10)8-5-3-2-4-6-8/h2-3,6,9H,4-5,10H2,1H3. The van der Waals surface area contributed by atoms with E-state index in [1.807, 2.05) is 6.08 Å². The fraction of sp³-hybridized carbons (Fsp3) is 0.444. The highest BCUT2D eigenvalue weighted by atomic mass is 16.1. The second kappa shape index (κ2) is 3.49. The zero-order valence-electron chi connectivity index (χ0n) is 6.71. The van der Waals surface area contributed by atoms with Gasteiger partial charge in [-0.3, -0.25) is 4.79 Å². The van der Waals surface area contributed by atoms with E-state index in [2.05, 4.69) is 12.2 Å². The van der Waals surface area contributed by atoms with Crippen LogP contribution in [0.2, 0.25) is 0 Å². The summed E-state index contributed by atoms with van der Waals surface area (Å²) >= 11 is 0. The molecule has 0 radical (unpaired) electrons. The van der Waals surface area contributed by atoms with Crippen molar-refractivity contribution in [2.24, 2.45) is 5.73 Å². The molecule has 0 saturated heterocycles. The van der Waals surface area contributed by atoms with Gasteiger partial charge in [-0.15, -0.1) is 0 Å². The van der Waals surface area contributed by atoms with Gasteiger partial charge in [-0.1, -0.05) is 18.2 Å². The number of nitrogens with two attached hydrogens (primary N) is 1. The molecule has 11 heavy (non-hydrogen) atoms. The van der Waals surface area contributed by atoms with Crippen molar-refractivity contribution >= 4 is 5.78 Å². The van der Waals surface area contributed by atoms with E-state index in [4.69, 9.17) is 5.73 Å². The van der Waals surface area contributed by atoms with Gasteiger partial charge < -0.3 is 5.73 Å². The lowest BCUT2D eigenvalue weighted by Crippen LogP contribution is -2.30. The first kappa shape index (κ1) is 8.21. The van der Waals surface area contributed by atoms with Gasteiger partial charge in [0.2, 0.25) is 0 Å². The van der Waals surface area contributed by atoms with Crippen molar-refractivity contribution in [3.05, 3.63) is 23.8 Å². The van der Waals surface area contributed by atoms with E-state index < -0.39 is 0 Å². The topological polar surface area (TPSA) is 43.1 Å². The van der Waals surface area contributed by atoms with Gasteiger partial charge in [-0.05, 0) is 25.3 Å². The minimum Gasteiger partial charge on any atom is -0.318 e. The van der Waals surface area contributed by atoms with Crippen molar-refractivity contribution in [1.29, 1.82) is 0 Å². The quantitative estimate of drug-likeness (QED) is 0.602. The lowest BCUT2D eigenvalue weighted by molar-refractivity contribution is -0.117.